The lowest BCUT2D eigenvalue weighted by atomic mass is 10.2. The molecule has 5 nitrogen and oxygen atoms in total. The van der Waals surface area contributed by atoms with E-state index >= 15 is 0 Å². The second-order valence-electron chi connectivity index (χ2n) is 2.95. The number of rotatable bonds is 5. The topological polar surface area (TPSA) is 82.3 Å². The molecule has 0 aliphatic carbocycles. The minimum absolute atomic E-state index is 0.314. The van der Waals surface area contributed by atoms with Crippen LogP contribution in [0.4, 0.5) is 0 Å². The Hall–Kier alpha value is -1.91. The van der Waals surface area contributed by atoms with E-state index in [0.29, 0.717) is 24.2 Å². The number of carbonyl (C=O) groups is 2. The lowest BCUT2D eigenvalue weighted by Gasteiger charge is -2.13. The maximum absolute atomic E-state index is 10.9. The number of nitrogens with zero attached hydrogens (tertiary/aromatic N) is 1. The summed E-state index contributed by atoms with van der Waals surface area (Å²) >= 11 is 0. The Labute approximate surface area is 87.3 Å². The fourth-order valence-corrected chi connectivity index (χ4v) is 1.04. The largest absolute Gasteiger partial charge is 0.479 e. The maximum Gasteiger partial charge on any atom is 0.258 e. The van der Waals surface area contributed by atoms with Gasteiger partial charge in [0.05, 0.1) is 6.20 Å². The molecule has 0 radical (unpaired) electrons. The first-order chi connectivity index (χ1) is 7.17. The molecule has 0 bridgehead atoms. The van der Waals surface area contributed by atoms with Crippen LogP contribution in [0.1, 0.15) is 23.8 Å². The van der Waals surface area contributed by atoms with Crippen molar-refractivity contribution >= 4 is 12.2 Å². The van der Waals surface area contributed by atoms with E-state index in [2.05, 4.69) is 4.98 Å². The molecule has 1 heterocycles. The van der Waals surface area contributed by atoms with Gasteiger partial charge < -0.3 is 10.5 Å². The molecule has 0 aromatic carbocycles. The molecule has 0 spiro atoms. The number of hydrogen-bond acceptors (Lipinski definition) is 4. The van der Waals surface area contributed by atoms with Gasteiger partial charge in [-0.05, 0) is 18.6 Å². The van der Waals surface area contributed by atoms with E-state index in [1.54, 1.807) is 13.0 Å². The molecule has 1 amide bonds. The van der Waals surface area contributed by atoms with Crippen molar-refractivity contribution in [2.75, 3.05) is 0 Å². The lowest BCUT2D eigenvalue weighted by Crippen LogP contribution is -2.33. The zero-order valence-electron chi connectivity index (χ0n) is 8.34. The Morgan fingerprint density at radius 3 is 2.80 bits per heavy atom. The number of pyridine rings is 1. The first-order valence-electron chi connectivity index (χ1n) is 4.54. The van der Waals surface area contributed by atoms with Crippen molar-refractivity contribution in [3.8, 4) is 5.75 Å². The number of aromatic nitrogens is 1. The highest BCUT2D eigenvalue weighted by Gasteiger charge is 2.14. The SMILES string of the molecule is CCC(Oc1ccc(C=O)nc1)C(N)=O. The fourth-order valence-electron chi connectivity index (χ4n) is 1.04. The lowest BCUT2D eigenvalue weighted by molar-refractivity contribution is -0.124. The van der Waals surface area contributed by atoms with Gasteiger partial charge in [-0.2, -0.15) is 0 Å². The van der Waals surface area contributed by atoms with Crippen molar-refractivity contribution in [2.24, 2.45) is 5.73 Å². The van der Waals surface area contributed by atoms with E-state index in [1.807, 2.05) is 0 Å². The summed E-state index contributed by atoms with van der Waals surface area (Å²) in [6.07, 6.45) is 1.85. The molecule has 0 aliphatic rings. The third-order valence-corrected chi connectivity index (χ3v) is 1.85. The zero-order chi connectivity index (χ0) is 11.3. The quantitative estimate of drug-likeness (QED) is 0.716. The smallest absolute Gasteiger partial charge is 0.258 e. The molecule has 0 aliphatic heterocycles. The van der Waals surface area contributed by atoms with Crippen LogP contribution in [0.3, 0.4) is 0 Å². The Kier molecular flexibility index (Phi) is 3.79. The number of primary amides is 1. The molecule has 1 atom stereocenters. The van der Waals surface area contributed by atoms with Gasteiger partial charge in [0.15, 0.2) is 12.4 Å². The summed E-state index contributed by atoms with van der Waals surface area (Å²) in [4.78, 5) is 25.0. The summed E-state index contributed by atoms with van der Waals surface area (Å²) in [7, 11) is 0. The van der Waals surface area contributed by atoms with E-state index in [1.165, 1.54) is 12.3 Å². The molecule has 1 aromatic heterocycles. The molecule has 1 aromatic rings. The van der Waals surface area contributed by atoms with Gasteiger partial charge in [0.2, 0.25) is 0 Å². The normalized spacial score (nSPS) is 11.8. The highest BCUT2D eigenvalue weighted by atomic mass is 16.5. The van der Waals surface area contributed by atoms with Gasteiger partial charge in [-0.3, -0.25) is 9.59 Å². The van der Waals surface area contributed by atoms with Crippen LogP contribution in [0.25, 0.3) is 0 Å². The summed E-state index contributed by atoms with van der Waals surface area (Å²) in [5, 5.41) is 0. The van der Waals surface area contributed by atoms with Crippen molar-refractivity contribution in [2.45, 2.75) is 19.4 Å². The average molecular weight is 208 g/mol. The van der Waals surface area contributed by atoms with Crippen LogP contribution in [0.5, 0.6) is 5.75 Å². The molecule has 1 rings (SSSR count). The third-order valence-electron chi connectivity index (χ3n) is 1.85. The van der Waals surface area contributed by atoms with Crippen LogP contribution < -0.4 is 10.5 Å². The van der Waals surface area contributed by atoms with Gasteiger partial charge in [-0.15, -0.1) is 0 Å². The second kappa shape index (κ2) is 5.09. The number of ether oxygens (including phenoxy) is 1. The number of nitrogens with two attached hydrogens (primary N) is 1. The van der Waals surface area contributed by atoms with Gasteiger partial charge in [0.25, 0.3) is 5.91 Å². The average Bonchev–Trinajstić information content (AvgIpc) is 2.26. The van der Waals surface area contributed by atoms with Gasteiger partial charge in [-0.25, -0.2) is 4.98 Å². The maximum atomic E-state index is 10.9. The van der Waals surface area contributed by atoms with E-state index in [9.17, 15) is 9.59 Å². The number of hydrogen-bond donors (Lipinski definition) is 1. The number of amides is 1. The second-order valence-corrected chi connectivity index (χ2v) is 2.95. The molecule has 0 saturated heterocycles. The van der Waals surface area contributed by atoms with Gasteiger partial charge in [0, 0.05) is 0 Å². The molecule has 80 valence electrons. The van der Waals surface area contributed by atoms with E-state index in [-0.39, 0.29) is 0 Å². The third kappa shape index (κ3) is 3.05. The van der Waals surface area contributed by atoms with Crippen LogP contribution >= 0.6 is 0 Å². The first-order valence-corrected chi connectivity index (χ1v) is 4.54. The highest BCUT2D eigenvalue weighted by molar-refractivity contribution is 5.79. The zero-order valence-corrected chi connectivity index (χ0v) is 8.34. The molecule has 0 saturated carbocycles. The van der Waals surface area contributed by atoms with Gasteiger partial charge >= 0.3 is 0 Å². The first kappa shape index (κ1) is 11.2. The van der Waals surface area contributed by atoms with E-state index < -0.39 is 12.0 Å². The van der Waals surface area contributed by atoms with Crippen LogP contribution in [-0.2, 0) is 4.79 Å². The molecular formula is C10H12N2O3. The van der Waals surface area contributed by atoms with Gasteiger partial charge in [0.1, 0.15) is 11.4 Å². The van der Waals surface area contributed by atoms with Crippen LogP contribution in [-0.4, -0.2) is 23.3 Å². The minimum atomic E-state index is -0.658. The number of carbonyl (C=O) groups excluding carboxylic acids is 2. The molecular weight excluding hydrogens is 196 g/mol. The molecule has 2 N–H and O–H groups in total. The summed E-state index contributed by atoms with van der Waals surface area (Å²) in [6.45, 7) is 1.79. The number of aldehydes is 1. The Bertz CT molecular complexity index is 348. The van der Waals surface area contributed by atoms with E-state index in [0.717, 1.165) is 0 Å². The van der Waals surface area contributed by atoms with Crippen LogP contribution in [0.2, 0.25) is 0 Å². The van der Waals surface area contributed by atoms with Crippen LogP contribution in [0.15, 0.2) is 18.3 Å². The van der Waals surface area contributed by atoms with Crippen molar-refractivity contribution < 1.29 is 14.3 Å². The molecule has 15 heavy (non-hydrogen) atoms. The monoisotopic (exact) mass is 208 g/mol. The minimum Gasteiger partial charge on any atom is -0.479 e. The van der Waals surface area contributed by atoms with Crippen molar-refractivity contribution in [1.29, 1.82) is 0 Å². The van der Waals surface area contributed by atoms with Gasteiger partial charge in [-0.1, -0.05) is 6.92 Å². The molecule has 1 unspecified atom stereocenters. The molecule has 0 fully saturated rings. The fraction of sp³-hybridized carbons (Fsp3) is 0.300. The van der Waals surface area contributed by atoms with Crippen molar-refractivity contribution in [1.82, 2.24) is 4.98 Å². The summed E-state index contributed by atoms with van der Waals surface area (Å²) < 4.78 is 5.27. The highest BCUT2D eigenvalue weighted by Crippen LogP contribution is 2.11. The van der Waals surface area contributed by atoms with Crippen molar-refractivity contribution in [3.63, 3.8) is 0 Å². The summed E-state index contributed by atoms with van der Waals surface area (Å²) in [5.41, 5.74) is 5.42. The Morgan fingerprint density at radius 2 is 2.40 bits per heavy atom. The standard InChI is InChI=1S/C10H12N2O3/c1-2-9(10(11)14)15-8-4-3-7(6-13)12-5-8/h3-6,9H,2H2,1H3,(H2,11,14). The summed E-state index contributed by atoms with van der Waals surface area (Å²) in [6, 6.07) is 3.08. The Morgan fingerprint density at radius 1 is 1.67 bits per heavy atom. The van der Waals surface area contributed by atoms with Crippen LogP contribution in [0, 0.1) is 0 Å². The van der Waals surface area contributed by atoms with E-state index in [4.69, 9.17) is 10.5 Å². The predicted molar refractivity (Wildman–Crippen MR) is 53.5 cm³/mol. The predicted octanol–water partition coefficient (Wildman–Crippen LogP) is 0.537. The summed E-state index contributed by atoms with van der Waals surface area (Å²) in [5.74, 6) is -0.0942. The Balaban J connectivity index is 2.71. The van der Waals surface area contributed by atoms with Crippen molar-refractivity contribution in [3.05, 3.63) is 24.0 Å². The molecule has 5 heteroatoms.